The van der Waals surface area contributed by atoms with Crippen LogP contribution in [0, 0.1) is 5.41 Å². The van der Waals surface area contributed by atoms with Crippen molar-refractivity contribution in [1.29, 1.82) is 0 Å². The first-order valence-corrected chi connectivity index (χ1v) is 8.20. The fourth-order valence-electron chi connectivity index (χ4n) is 2.21. The van der Waals surface area contributed by atoms with Gasteiger partial charge in [0.2, 0.25) is 0 Å². The Morgan fingerprint density at radius 3 is 2.71 bits per heavy atom. The molecule has 0 aromatic heterocycles. The standard InChI is InChI=1S/C16H26BrN3O/c1-4-12-11-13(17)7-8-14(12)19-10-6-5-9-16(2,3)15(18)20-21/h7-8,11,19,21H,4-6,9-10H2,1-3H3,(H2,18,20). The number of anilines is 1. The van der Waals surface area contributed by atoms with Crippen LogP contribution < -0.4 is 11.1 Å². The summed E-state index contributed by atoms with van der Waals surface area (Å²) in [6.45, 7) is 7.09. The highest BCUT2D eigenvalue weighted by molar-refractivity contribution is 9.10. The topological polar surface area (TPSA) is 70.6 Å². The number of halogens is 1. The van der Waals surface area contributed by atoms with Gasteiger partial charge in [-0.3, -0.25) is 0 Å². The Morgan fingerprint density at radius 2 is 2.10 bits per heavy atom. The molecule has 0 spiro atoms. The van der Waals surface area contributed by atoms with Crippen LogP contribution in [-0.2, 0) is 6.42 Å². The number of unbranched alkanes of at least 4 members (excludes halogenated alkanes) is 1. The smallest absolute Gasteiger partial charge is 0.144 e. The summed E-state index contributed by atoms with van der Waals surface area (Å²) < 4.78 is 1.12. The van der Waals surface area contributed by atoms with E-state index in [-0.39, 0.29) is 5.41 Å². The molecule has 1 aromatic rings. The van der Waals surface area contributed by atoms with Gasteiger partial charge in [-0.1, -0.05) is 48.3 Å². The number of hydrogen-bond donors (Lipinski definition) is 3. The van der Waals surface area contributed by atoms with Crippen molar-refractivity contribution in [2.24, 2.45) is 16.3 Å². The summed E-state index contributed by atoms with van der Waals surface area (Å²) in [4.78, 5) is 0. The van der Waals surface area contributed by atoms with Crippen molar-refractivity contribution in [3.63, 3.8) is 0 Å². The molecule has 4 N–H and O–H groups in total. The summed E-state index contributed by atoms with van der Waals surface area (Å²) >= 11 is 3.50. The molecule has 0 aliphatic rings. The van der Waals surface area contributed by atoms with Gasteiger partial charge in [-0.05, 0) is 43.0 Å². The predicted octanol–water partition coefficient (Wildman–Crippen LogP) is 4.37. The Morgan fingerprint density at radius 1 is 1.38 bits per heavy atom. The maximum atomic E-state index is 8.75. The van der Waals surface area contributed by atoms with Crippen molar-refractivity contribution in [3.05, 3.63) is 28.2 Å². The first-order valence-electron chi connectivity index (χ1n) is 7.41. The second kappa shape index (κ2) is 8.27. The third-order valence-electron chi connectivity index (χ3n) is 3.79. The quantitative estimate of drug-likeness (QED) is 0.213. The number of benzene rings is 1. The van der Waals surface area contributed by atoms with Crippen LogP contribution in [0.1, 0.15) is 45.6 Å². The lowest BCUT2D eigenvalue weighted by atomic mass is 9.86. The number of nitrogens with one attached hydrogen (secondary N) is 1. The van der Waals surface area contributed by atoms with E-state index >= 15 is 0 Å². The SMILES string of the molecule is CCc1cc(Br)ccc1NCCCCC(C)(C)/C(N)=N/O. The molecule has 21 heavy (non-hydrogen) atoms. The molecule has 0 saturated carbocycles. The van der Waals surface area contributed by atoms with Gasteiger partial charge in [0, 0.05) is 22.1 Å². The van der Waals surface area contributed by atoms with Crippen molar-refractivity contribution in [2.75, 3.05) is 11.9 Å². The van der Waals surface area contributed by atoms with Crippen LogP contribution >= 0.6 is 15.9 Å². The number of rotatable bonds is 8. The fraction of sp³-hybridized carbons (Fsp3) is 0.562. The number of oxime groups is 1. The molecule has 1 aromatic carbocycles. The van der Waals surface area contributed by atoms with E-state index in [1.165, 1.54) is 11.3 Å². The summed E-state index contributed by atoms with van der Waals surface area (Å²) in [5, 5.41) is 15.3. The average molecular weight is 356 g/mol. The number of nitrogens with two attached hydrogens (primary N) is 1. The first kappa shape index (κ1) is 17.8. The molecule has 0 bridgehead atoms. The minimum absolute atomic E-state index is 0.249. The molecule has 0 radical (unpaired) electrons. The van der Waals surface area contributed by atoms with Crippen LogP contribution in [0.5, 0.6) is 0 Å². The van der Waals surface area contributed by atoms with E-state index in [1.807, 2.05) is 13.8 Å². The van der Waals surface area contributed by atoms with E-state index in [0.29, 0.717) is 5.84 Å². The largest absolute Gasteiger partial charge is 0.409 e. The second-order valence-electron chi connectivity index (χ2n) is 5.91. The fourth-order valence-corrected chi connectivity index (χ4v) is 2.61. The molecule has 0 aliphatic heterocycles. The zero-order chi connectivity index (χ0) is 15.9. The van der Waals surface area contributed by atoms with Crippen LogP contribution in [0.3, 0.4) is 0 Å². The lowest BCUT2D eigenvalue weighted by molar-refractivity contribution is 0.304. The Hall–Kier alpha value is -1.23. The zero-order valence-electron chi connectivity index (χ0n) is 13.1. The van der Waals surface area contributed by atoms with E-state index in [9.17, 15) is 0 Å². The molecular formula is C16H26BrN3O. The van der Waals surface area contributed by atoms with Gasteiger partial charge in [0.1, 0.15) is 5.84 Å². The number of hydrogen-bond acceptors (Lipinski definition) is 3. The summed E-state index contributed by atoms with van der Waals surface area (Å²) in [7, 11) is 0. The maximum Gasteiger partial charge on any atom is 0.144 e. The maximum absolute atomic E-state index is 8.75. The Bertz CT molecular complexity index is 486. The van der Waals surface area contributed by atoms with Gasteiger partial charge in [0.05, 0.1) is 0 Å². The lowest BCUT2D eigenvalue weighted by Gasteiger charge is -2.22. The highest BCUT2D eigenvalue weighted by Crippen LogP contribution is 2.24. The Kier molecular flexibility index (Phi) is 7.02. The van der Waals surface area contributed by atoms with E-state index in [4.69, 9.17) is 10.9 Å². The molecule has 118 valence electrons. The van der Waals surface area contributed by atoms with Crippen LogP contribution in [-0.4, -0.2) is 17.6 Å². The van der Waals surface area contributed by atoms with E-state index in [2.05, 4.69) is 51.5 Å². The van der Waals surface area contributed by atoms with Gasteiger partial charge < -0.3 is 16.3 Å². The van der Waals surface area contributed by atoms with Crippen molar-refractivity contribution >= 4 is 27.5 Å². The zero-order valence-corrected chi connectivity index (χ0v) is 14.7. The van der Waals surface area contributed by atoms with Gasteiger partial charge >= 0.3 is 0 Å². The molecule has 0 atom stereocenters. The highest BCUT2D eigenvalue weighted by atomic mass is 79.9. The van der Waals surface area contributed by atoms with E-state index in [1.54, 1.807) is 0 Å². The van der Waals surface area contributed by atoms with Crippen LogP contribution in [0.2, 0.25) is 0 Å². The first-order chi connectivity index (χ1) is 9.90. The molecular weight excluding hydrogens is 330 g/mol. The normalized spacial score (nSPS) is 12.5. The number of amidine groups is 1. The van der Waals surface area contributed by atoms with Crippen LogP contribution in [0.25, 0.3) is 0 Å². The molecule has 0 fully saturated rings. The van der Waals surface area contributed by atoms with Gasteiger partial charge in [0.15, 0.2) is 0 Å². The average Bonchev–Trinajstić information content (AvgIpc) is 2.46. The summed E-state index contributed by atoms with van der Waals surface area (Å²) in [5.41, 5.74) is 7.97. The minimum atomic E-state index is -0.249. The van der Waals surface area contributed by atoms with Crippen molar-refractivity contribution in [1.82, 2.24) is 0 Å². The Labute approximate surface area is 135 Å². The molecule has 1 rings (SSSR count). The molecule has 5 heteroatoms. The molecule has 0 amide bonds. The minimum Gasteiger partial charge on any atom is -0.409 e. The predicted molar refractivity (Wildman–Crippen MR) is 93.1 cm³/mol. The highest BCUT2D eigenvalue weighted by Gasteiger charge is 2.22. The van der Waals surface area contributed by atoms with Crippen molar-refractivity contribution < 1.29 is 5.21 Å². The molecule has 4 nitrogen and oxygen atoms in total. The third-order valence-corrected chi connectivity index (χ3v) is 4.29. The monoisotopic (exact) mass is 355 g/mol. The Balaban J connectivity index is 2.38. The second-order valence-corrected chi connectivity index (χ2v) is 6.82. The van der Waals surface area contributed by atoms with Crippen molar-refractivity contribution in [3.8, 4) is 0 Å². The molecule has 0 saturated heterocycles. The molecule has 0 aliphatic carbocycles. The van der Waals surface area contributed by atoms with Crippen LogP contribution in [0.15, 0.2) is 27.8 Å². The third kappa shape index (κ3) is 5.58. The lowest BCUT2D eigenvalue weighted by Crippen LogP contribution is -2.31. The number of nitrogens with zero attached hydrogens (tertiary/aromatic N) is 1. The van der Waals surface area contributed by atoms with Gasteiger partial charge in [-0.25, -0.2) is 0 Å². The molecule has 0 unspecified atom stereocenters. The van der Waals surface area contributed by atoms with Gasteiger partial charge in [-0.2, -0.15) is 0 Å². The van der Waals surface area contributed by atoms with Crippen molar-refractivity contribution in [2.45, 2.75) is 46.5 Å². The van der Waals surface area contributed by atoms with Gasteiger partial charge in [0.25, 0.3) is 0 Å². The summed E-state index contributed by atoms with van der Waals surface area (Å²) in [6, 6.07) is 6.33. The van der Waals surface area contributed by atoms with Gasteiger partial charge in [-0.15, -0.1) is 0 Å². The summed E-state index contributed by atoms with van der Waals surface area (Å²) in [5.74, 6) is 0.302. The molecule has 0 heterocycles. The van der Waals surface area contributed by atoms with E-state index in [0.717, 1.165) is 36.7 Å². The van der Waals surface area contributed by atoms with E-state index < -0.39 is 0 Å². The van der Waals surface area contributed by atoms with Crippen LogP contribution in [0.4, 0.5) is 5.69 Å². The number of aryl methyl sites for hydroxylation is 1. The summed E-state index contributed by atoms with van der Waals surface area (Å²) in [6.07, 6.45) is 4.01.